The minimum Gasteiger partial charge on any atom is -0.309 e. The van der Waals surface area contributed by atoms with Gasteiger partial charge in [0, 0.05) is 38.8 Å². The van der Waals surface area contributed by atoms with Crippen LogP contribution in [0.25, 0.3) is 27.5 Å². The Bertz CT molecular complexity index is 1670. The second-order valence-electron chi connectivity index (χ2n) is 9.34. The molecule has 5 aromatic carbocycles. The van der Waals surface area contributed by atoms with Gasteiger partial charge in [-0.2, -0.15) is 0 Å². The summed E-state index contributed by atoms with van der Waals surface area (Å²) >= 11 is 17.5. The van der Waals surface area contributed by atoms with Crippen molar-refractivity contribution in [2.45, 2.75) is 19.8 Å². The van der Waals surface area contributed by atoms with Crippen LogP contribution in [0.5, 0.6) is 0 Å². The molecule has 7 rings (SSSR count). The molecule has 196 valence electrons. The zero-order valence-corrected chi connectivity index (χ0v) is 29.0. The third-order valence-electron chi connectivity index (χ3n) is 6.62. The Balaban J connectivity index is 0.000000148. The summed E-state index contributed by atoms with van der Waals surface area (Å²) < 4.78 is 7.92. The van der Waals surface area contributed by atoms with Crippen LogP contribution < -0.4 is 0 Å². The normalized spacial score (nSPS) is 11.6. The molecular weight excluding hydrogens is 810 g/mol. The van der Waals surface area contributed by atoms with Crippen LogP contribution in [0.2, 0.25) is 0 Å². The number of rotatable bonds is 1. The Kier molecular flexibility index (Phi) is 9.50. The summed E-state index contributed by atoms with van der Waals surface area (Å²) in [7, 11) is 0. The highest BCUT2D eigenvalue weighted by Crippen LogP contribution is 2.35. The highest BCUT2D eigenvalue weighted by molar-refractivity contribution is 9.11. The van der Waals surface area contributed by atoms with Crippen molar-refractivity contribution in [2.75, 3.05) is 0 Å². The van der Waals surface area contributed by atoms with Gasteiger partial charge in [-0.15, -0.1) is 0 Å². The van der Waals surface area contributed by atoms with Crippen molar-refractivity contribution in [3.8, 4) is 5.69 Å². The van der Waals surface area contributed by atoms with Crippen LogP contribution in [0.1, 0.15) is 16.7 Å². The first-order chi connectivity index (χ1) is 18.8. The SMILES string of the molecule is Brc1ccc(-n2c3ccc(Br)cc3c3cc(Br)ccc32)cc1.Brc1ccc2c(c1)CC2.Cc1ccc(Br)cc1. The molecule has 6 heteroatoms. The molecule has 0 unspecified atom stereocenters. The van der Waals surface area contributed by atoms with E-state index in [0.29, 0.717) is 0 Å². The first-order valence-corrected chi connectivity index (χ1v) is 16.4. The number of nitrogens with zero attached hydrogens (tertiary/aromatic N) is 1. The molecule has 1 nitrogen and oxygen atoms in total. The third-order valence-corrected chi connectivity index (χ3v) is 9.15. The van der Waals surface area contributed by atoms with Crippen LogP contribution in [0.3, 0.4) is 0 Å². The number of fused-ring (bicyclic) bond motifs is 4. The first kappa shape index (κ1) is 28.8. The lowest BCUT2D eigenvalue weighted by Gasteiger charge is -2.17. The lowest BCUT2D eigenvalue weighted by Crippen LogP contribution is -2.06. The van der Waals surface area contributed by atoms with Gasteiger partial charge in [-0.3, -0.25) is 0 Å². The number of aromatic nitrogens is 1. The van der Waals surface area contributed by atoms with Crippen LogP contribution in [0, 0.1) is 6.92 Å². The van der Waals surface area contributed by atoms with Gasteiger partial charge in [0.15, 0.2) is 0 Å². The van der Waals surface area contributed by atoms with Crippen LogP contribution in [0.4, 0.5) is 0 Å². The predicted octanol–water partition coefficient (Wildman–Crippen LogP) is 12.4. The summed E-state index contributed by atoms with van der Waals surface area (Å²) in [5.41, 5.74) is 7.92. The fourth-order valence-electron chi connectivity index (χ4n) is 4.53. The fraction of sp³-hybridized carbons (Fsp3) is 0.0909. The van der Waals surface area contributed by atoms with Crippen molar-refractivity contribution < 1.29 is 0 Å². The largest absolute Gasteiger partial charge is 0.309 e. The van der Waals surface area contributed by atoms with E-state index < -0.39 is 0 Å². The second-order valence-corrected chi connectivity index (χ2v) is 13.9. The van der Waals surface area contributed by atoms with E-state index in [-0.39, 0.29) is 0 Å². The maximum Gasteiger partial charge on any atom is 0.0541 e. The highest BCUT2D eigenvalue weighted by Gasteiger charge is 2.13. The average molecular weight is 834 g/mol. The maximum absolute atomic E-state index is 3.58. The topological polar surface area (TPSA) is 4.93 Å². The van der Waals surface area contributed by atoms with Crippen molar-refractivity contribution in [2.24, 2.45) is 0 Å². The molecule has 0 atom stereocenters. The summed E-state index contributed by atoms with van der Waals surface area (Å²) in [6.45, 7) is 2.08. The molecule has 1 aliphatic carbocycles. The van der Waals surface area contributed by atoms with Gasteiger partial charge in [-0.25, -0.2) is 0 Å². The van der Waals surface area contributed by atoms with E-state index in [1.165, 1.54) is 55.8 Å². The van der Waals surface area contributed by atoms with E-state index in [4.69, 9.17) is 0 Å². The number of halogens is 5. The van der Waals surface area contributed by atoms with E-state index in [1.54, 1.807) is 0 Å². The molecule has 0 N–H and O–H groups in total. The molecule has 39 heavy (non-hydrogen) atoms. The van der Waals surface area contributed by atoms with Crippen LogP contribution in [-0.2, 0) is 12.8 Å². The summed E-state index contributed by atoms with van der Waals surface area (Å²) in [6, 6.07) is 36.0. The number of aryl methyl sites for hydroxylation is 3. The molecule has 0 amide bonds. The Morgan fingerprint density at radius 2 is 0.897 bits per heavy atom. The van der Waals surface area contributed by atoms with Gasteiger partial charge in [0.05, 0.1) is 11.0 Å². The van der Waals surface area contributed by atoms with Gasteiger partial charge in [-0.1, -0.05) is 103 Å². The lowest BCUT2D eigenvalue weighted by molar-refractivity contribution is 0.838. The van der Waals surface area contributed by atoms with E-state index in [0.717, 1.165) is 23.6 Å². The minimum atomic E-state index is 1.09. The minimum absolute atomic E-state index is 1.09. The van der Waals surface area contributed by atoms with E-state index >= 15 is 0 Å². The van der Waals surface area contributed by atoms with Crippen molar-refractivity contribution in [1.82, 2.24) is 4.57 Å². The van der Waals surface area contributed by atoms with Crippen LogP contribution >= 0.6 is 79.6 Å². The first-order valence-electron chi connectivity index (χ1n) is 12.4. The van der Waals surface area contributed by atoms with E-state index in [1.807, 2.05) is 12.1 Å². The summed E-state index contributed by atoms with van der Waals surface area (Å²) in [4.78, 5) is 0. The van der Waals surface area contributed by atoms with E-state index in [2.05, 4.69) is 182 Å². The zero-order chi connectivity index (χ0) is 27.5. The summed E-state index contributed by atoms with van der Waals surface area (Å²) in [5.74, 6) is 0. The van der Waals surface area contributed by atoms with Crippen molar-refractivity contribution in [3.05, 3.63) is 142 Å². The van der Waals surface area contributed by atoms with Gasteiger partial charge < -0.3 is 4.57 Å². The number of hydrogen-bond acceptors (Lipinski definition) is 0. The van der Waals surface area contributed by atoms with Crippen LogP contribution in [0.15, 0.2) is 125 Å². The van der Waals surface area contributed by atoms with E-state index in [9.17, 15) is 0 Å². The van der Waals surface area contributed by atoms with Gasteiger partial charge in [0.1, 0.15) is 0 Å². The molecule has 0 bridgehead atoms. The Hall–Kier alpha value is -1.70. The Labute approximate surface area is 271 Å². The molecule has 1 aromatic heterocycles. The molecule has 0 saturated heterocycles. The van der Waals surface area contributed by atoms with Crippen molar-refractivity contribution in [3.63, 3.8) is 0 Å². The molecular formula is C33H24Br5N. The van der Waals surface area contributed by atoms with Gasteiger partial charge in [0.2, 0.25) is 0 Å². The molecule has 0 saturated carbocycles. The van der Waals surface area contributed by atoms with Gasteiger partial charge in [0.25, 0.3) is 0 Å². The van der Waals surface area contributed by atoms with Crippen molar-refractivity contribution >= 4 is 101 Å². The Morgan fingerprint density at radius 1 is 0.462 bits per heavy atom. The monoisotopic (exact) mass is 829 g/mol. The predicted molar refractivity (Wildman–Crippen MR) is 184 cm³/mol. The van der Waals surface area contributed by atoms with Gasteiger partial charge in [-0.05, 0) is 116 Å². The summed E-state index contributed by atoms with van der Waals surface area (Å²) in [5, 5.41) is 2.49. The molecule has 0 spiro atoms. The second kappa shape index (κ2) is 12.9. The smallest absolute Gasteiger partial charge is 0.0541 e. The fourth-order valence-corrected chi connectivity index (χ4v) is 6.19. The molecule has 6 aromatic rings. The van der Waals surface area contributed by atoms with Crippen LogP contribution in [-0.4, -0.2) is 4.57 Å². The number of hydrogen-bond donors (Lipinski definition) is 0. The maximum atomic E-state index is 3.58. The highest BCUT2D eigenvalue weighted by atomic mass is 79.9. The summed E-state index contributed by atoms with van der Waals surface area (Å²) in [6.07, 6.45) is 2.55. The molecule has 0 radical (unpaired) electrons. The number of benzene rings is 5. The molecule has 0 fully saturated rings. The standard InChI is InChI=1S/C18H10Br3N.C8H7Br.C7H7Br/c19-11-1-5-14(6-2-11)22-17-7-3-12(20)9-15(17)16-10-13(21)4-8-18(16)22;9-8-4-3-6-1-2-7(6)5-8;1-6-2-4-7(8)5-3-6/h1-10H;3-5H,1-2H2;2-5H,1H3. The molecule has 1 aliphatic rings. The molecule has 0 aliphatic heterocycles. The zero-order valence-electron chi connectivity index (χ0n) is 21.1. The average Bonchev–Trinajstić information content (AvgIpc) is 3.22. The lowest BCUT2D eigenvalue weighted by atomic mass is 9.89. The quantitative estimate of drug-likeness (QED) is 0.156. The van der Waals surface area contributed by atoms with Crippen molar-refractivity contribution in [1.29, 1.82) is 0 Å². The Morgan fingerprint density at radius 3 is 1.33 bits per heavy atom. The molecule has 1 heterocycles. The third kappa shape index (κ3) is 6.97. The van der Waals surface area contributed by atoms with Gasteiger partial charge >= 0.3 is 0 Å².